The van der Waals surface area contributed by atoms with Crippen molar-refractivity contribution in [1.82, 2.24) is 9.97 Å². The number of rotatable bonds is 4. The van der Waals surface area contributed by atoms with Crippen LogP contribution >= 0.6 is 11.6 Å². The summed E-state index contributed by atoms with van der Waals surface area (Å²) in [5, 5.41) is 18.8. The Morgan fingerprint density at radius 3 is 1.55 bits per heavy atom. The van der Waals surface area contributed by atoms with Gasteiger partial charge in [0.15, 0.2) is 0 Å². The van der Waals surface area contributed by atoms with Crippen LogP contribution in [-0.2, 0) is 0 Å². The molecule has 142 valence electrons. The third kappa shape index (κ3) is 3.66. The maximum atomic E-state index is 11.1. The first-order chi connectivity index (χ1) is 13.9. The maximum absolute atomic E-state index is 11.1. The zero-order valence-corrected chi connectivity index (χ0v) is 15.6. The van der Waals surface area contributed by atoms with Crippen molar-refractivity contribution in [3.05, 3.63) is 82.9 Å². The Morgan fingerprint density at radius 1 is 0.655 bits per heavy atom. The van der Waals surface area contributed by atoms with Crippen LogP contribution in [0.4, 0.5) is 0 Å². The number of aromatic nitrogens is 2. The quantitative estimate of drug-likeness (QED) is 0.495. The lowest BCUT2D eigenvalue weighted by molar-refractivity contribution is 0.0686. The summed E-state index contributed by atoms with van der Waals surface area (Å²) in [5.41, 5.74) is 4.04. The Balaban J connectivity index is 1.93. The molecule has 7 heteroatoms. The number of benzene rings is 3. The zero-order chi connectivity index (χ0) is 20.5. The van der Waals surface area contributed by atoms with E-state index < -0.39 is 11.9 Å². The molecule has 1 heterocycles. The number of carboxylic acid groups (broad SMARTS) is 2. The largest absolute Gasteiger partial charge is 0.478 e. The number of carboxylic acids is 2. The summed E-state index contributed by atoms with van der Waals surface area (Å²) in [5.74, 6) is -2.03. The second-order valence-corrected chi connectivity index (χ2v) is 6.76. The molecule has 0 atom stereocenters. The standard InChI is InChI=1S/C22H13ClN2O4/c23-16-9-10-17-18(11-16)25-20(13-3-7-15(8-4-13)22(28)29)19(24-17)12-1-5-14(6-2-12)21(26)27/h1-11H,(H,26,27)(H,28,29). The Labute approximate surface area is 170 Å². The first kappa shape index (κ1) is 18.6. The monoisotopic (exact) mass is 404 g/mol. The van der Waals surface area contributed by atoms with E-state index in [-0.39, 0.29) is 11.1 Å². The lowest BCUT2D eigenvalue weighted by Crippen LogP contribution is -1.99. The average Bonchev–Trinajstić information content (AvgIpc) is 2.73. The van der Waals surface area contributed by atoms with Crippen molar-refractivity contribution in [3.8, 4) is 22.5 Å². The highest BCUT2D eigenvalue weighted by Gasteiger charge is 2.15. The number of aromatic carboxylic acids is 2. The summed E-state index contributed by atoms with van der Waals surface area (Å²) in [6.07, 6.45) is 0. The van der Waals surface area contributed by atoms with Gasteiger partial charge in [0, 0.05) is 16.1 Å². The van der Waals surface area contributed by atoms with Gasteiger partial charge in [0.1, 0.15) is 0 Å². The smallest absolute Gasteiger partial charge is 0.335 e. The van der Waals surface area contributed by atoms with Gasteiger partial charge in [-0.05, 0) is 42.5 Å². The van der Waals surface area contributed by atoms with Crippen LogP contribution in [0.3, 0.4) is 0 Å². The summed E-state index contributed by atoms with van der Waals surface area (Å²) in [6, 6.07) is 17.9. The van der Waals surface area contributed by atoms with E-state index in [0.717, 1.165) is 0 Å². The third-order valence-corrected chi connectivity index (χ3v) is 4.67. The van der Waals surface area contributed by atoms with Crippen LogP contribution < -0.4 is 0 Å². The number of nitrogens with zero attached hydrogens (tertiary/aromatic N) is 2. The van der Waals surface area contributed by atoms with Gasteiger partial charge in [-0.15, -0.1) is 0 Å². The topological polar surface area (TPSA) is 100 Å². The number of hydrogen-bond acceptors (Lipinski definition) is 4. The minimum Gasteiger partial charge on any atom is -0.478 e. The Bertz CT molecular complexity index is 1250. The summed E-state index contributed by atoms with van der Waals surface area (Å²) >= 11 is 6.09. The molecule has 0 fully saturated rings. The lowest BCUT2D eigenvalue weighted by Gasteiger charge is -2.11. The lowest BCUT2D eigenvalue weighted by atomic mass is 10.0. The highest BCUT2D eigenvalue weighted by atomic mass is 35.5. The van der Waals surface area contributed by atoms with E-state index in [4.69, 9.17) is 31.8 Å². The molecular weight excluding hydrogens is 392 g/mol. The average molecular weight is 405 g/mol. The van der Waals surface area contributed by atoms with Crippen LogP contribution in [0.25, 0.3) is 33.5 Å². The Morgan fingerprint density at radius 2 is 1.10 bits per heavy atom. The molecule has 0 aliphatic carbocycles. The van der Waals surface area contributed by atoms with E-state index in [1.54, 1.807) is 42.5 Å². The Kier molecular flexibility index (Phi) is 4.70. The van der Waals surface area contributed by atoms with Crippen molar-refractivity contribution in [1.29, 1.82) is 0 Å². The molecule has 0 aliphatic rings. The van der Waals surface area contributed by atoms with Gasteiger partial charge in [-0.3, -0.25) is 0 Å². The van der Waals surface area contributed by atoms with Crippen molar-refractivity contribution in [2.24, 2.45) is 0 Å². The van der Waals surface area contributed by atoms with Crippen LogP contribution in [0.1, 0.15) is 20.7 Å². The van der Waals surface area contributed by atoms with Crippen molar-refractivity contribution in [2.45, 2.75) is 0 Å². The maximum Gasteiger partial charge on any atom is 0.335 e. The van der Waals surface area contributed by atoms with Gasteiger partial charge in [0.05, 0.1) is 33.5 Å². The number of carbonyl (C=O) groups is 2. The molecular formula is C22H13ClN2O4. The van der Waals surface area contributed by atoms with E-state index in [2.05, 4.69) is 0 Å². The molecule has 2 N–H and O–H groups in total. The van der Waals surface area contributed by atoms with Crippen LogP contribution in [0.15, 0.2) is 66.7 Å². The number of fused-ring (bicyclic) bond motifs is 1. The number of hydrogen-bond donors (Lipinski definition) is 2. The Hall–Kier alpha value is -3.77. The van der Waals surface area contributed by atoms with Crippen molar-refractivity contribution < 1.29 is 19.8 Å². The van der Waals surface area contributed by atoms with E-state index in [9.17, 15) is 9.59 Å². The second kappa shape index (κ2) is 7.33. The van der Waals surface area contributed by atoms with Gasteiger partial charge >= 0.3 is 11.9 Å². The van der Waals surface area contributed by atoms with Gasteiger partial charge in [-0.1, -0.05) is 35.9 Å². The van der Waals surface area contributed by atoms with Crippen molar-refractivity contribution in [3.63, 3.8) is 0 Å². The summed E-state index contributed by atoms with van der Waals surface area (Å²) < 4.78 is 0. The van der Waals surface area contributed by atoms with Gasteiger partial charge in [0.2, 0.25) is 0 Å². The molecule has 29 heavy (non-hydrogen) atoms. The molecule has 0 bridgehead atoms. The van der Waals surface area contributed by atoms with Gasteiger partial charge in [0.25, 0.3) is 0 Å². The fourth-order valence-corrected chi connectivity index (χ4v) is 3.14. The fraction of sp³-hybridized carbons (Fsp3) is 0. The molecule has 6 nitrogen and oxygen atoms in total. The molecule has 0 unspecified atom stereocenters. The zero-order valence-electron chi connectivity index (χ0n) is 14.8. The SMILES string of the molecule is O=C(O)c1ccc(-c2nc3ccc(Cl)cc3nc2-c2ccc(C(=O)O)cc2)cc1. The minimum atomic E-state index is -1.02. The van der Waals surface area contributed by atoms with E-state index >= 15 is 0 Å². The fourth-order valence-electron chi connectivity index (χ4n) is 2.97. The van der Waals surface area contributed by atoms with Crippen LogP contribution in [-0.4, -0.2) is 32.1 Å². The molecule has 0 spiro atoms. The van der Waals surface area contributed by atoms with E-state index in [1.165, 1.54) is 24.3 Å². The van der Waals surface area contributed by atoms with Crippen LogP contribution in [0.2, 0.25) is 5.02 Å². The minimum absolute atomic E-state index is 0.165. The molecule has 0 aliphatic heterocycles. The highest BCUT2D eigenvalue weighted by Crippen LogP contribution is 2.32. The summed E-state index contributed by atoms with van der Waals surface area (Å²) in [6.45, 7) is 0. The first-order valence-electron chi connectivity index (χ1n) is 8.57. The van der Waals surface area contributed by atoms with Crippen molar-refractivity contribution in [2.75, 3.05) is 0 Å². The van der Waals surface area contributed by atoms with Gasteiger partial charge in [-0.25, -0.2) is 19.6 Å². The third-order valence-electron chi connectivity index (χ3n) is 4.44. The predicted octanol–water partition coefficient (Wildman–Crippen LogP) is 5.01. The molecule has 0 radical (unpaired) electrons. The summed E-state index contributed by atoms with van der Waals surface area (Å²) in [7, 11) is 0. The molecule has 0 amide bonds. The molecule has 4 rings (SSSR count). The molecule has 0 saturated heterocycles. The molecule has 1 aromatic heterocycles. The molecule has 3 aromatic carbocycles. The van der Waals surface area contributed by atoms with Crippen LogP contribution in [0, 0.1) is 0 Å². The highest BCUT2D eigenvalue weighted by molar-refractivity contribution is 6.31. The van der Waals surface area contributed by atoms with E-state index in [0.29, 0.717) is 38.6 Å². The van der Waals surface area contributed by atoms with E-state index in [1.807, 2.05) is 0 Å². The normalized spacial score (nSPS) is 10.8. The van der Waals surface area contributed by atoms with Crippen molar-refractivity contribution >= 4 is 34.6 Å². The second-order valence-electron chi connectivity index (χ2n) is 6.32. The molecule has 4 aromatic rings. The van der Waals surface area contributed by atoms with Gasteiger partial charge < -0.3 is 10.2 Å². The number of halogens is 1. The molecule has 0 saturated carbocycles. The first-order valence-corrected chi connectivity index (χ1v) is 8.95. The van der Waals surface area contributed by atoms with Crippen LogP contribution in [0.5, 0.6) is 0 Å². The summed E-state index contributed by atoms with van der Waals surface area (Å²) in [4.78, 5) is 31.7. The predicted molar refractivity (Wildman–Crippen MR) is 109 cm³/mol. The van der Waals surface area contributed by atoms with Gasteiger partial charge in [-0.2, -0.15) is 0 Å².